The summed E-state index contributed by atoms with van der Waals surface area (Å²) in [5, 5.41) is 5.57. The molecule has 0 aliphatic rings. The minimum Gasteiger partial charge on any atom is -0.347 e. The standard InChI is InChI=1S/C18H15N5O2/c24-17(14-4-2-6-19-11-14)23-15-5-1-3-13(9-15)10-22-18(25)16-12-20-7-8-21-16/h1-9,11-12H,10H2,(H,22,25)(H,23,24). The van der Waals surface area contributed by atoms with Crippen molar-refractivity contribution in [3.63, 3.8) is 0 Å². The number of anilines is 1. The van der Waals surface area contributed by atoms with Crippen molar-refractivity contribution in [2.75, 3.05) is 5.32 Å². The van der Waals surface area contributed by atoms with Crippen LogP contribution in [0.25, 0.3) is 0 Å². The Hall–Kier alpha value is -3.61. The maximum Gasteiger partial charge on any atom is 0.271 e. The number of amides is 2. The van der Waals surface area contributed by atoms with Gasteiger partial charge in [-0.15, -0.1) is 0 Å². The first-order valence-electron chi connectivity index (χ1n) is 7.57. The molecule has 0 unspecified atom stereocenters. The molecule has 0 saturated carbocycles. The highest BCUT2D eigenvalue weighted by atomic mass is 16.2. The van der Waals surface area contributed by atoms with Crippen LogP contribution in [-0.4, -0.2) is 26.8 Å². The van der Waals surface area contributed by atoms with Crippen LogP contribution in [0.1, 0.15) is 26.4 Å². The molecule has 2 aromatic heterocycles. The quantitative estimate of drug-likeness (QED) is 0.745. The number of hydrogen-bond acceptors (Lipinski definition) is 5. The number of carbonyl (C=O) groups is 2. The average Bonchev–Trinajstić information content (AvgIpc) is 2.68. The smallest absolute Gasteiger partial charge is 0.271 e. The second-order valence-corrected chi connectivity index (χ2v) is 5.17. The van der Waals surface area contributed by atoms with Gasteiger partial charge < -0.3 is 10.6 Å². The average molecular weight is 333 g/mol. The summed E-state index contributed by atoms with van der Waals surface area (Å²) in [4.78, 5) is 35.8. The van der Waals surface area contributed by atoms with E-state index < -0.39 is 0 Å². The highest BCUT2D eigenvalue weighted by Crippen LogP contribution is 2.12. The summed E-state index contributed by atoms with van der Waals surface area (Å²) in [7, 11) is 0. The molecule has 0 atom stereocenters. The van der Waals surface area contributed by atoms with Crippen LogP contribution in [0.3, 0.4) is 0 Å². The van der Waals surface area contributed by atoms with Gasteiger partial charge in [-0.2, -0.15) is 0 Å². The number of nitrogens with zero attached hydrogens (tertiary/aromatic N) is 3. The van der Waals surface area contributed by atoms with Gasteiger partial charge in [-0.1, -0.05) is 12.1 Å². The van der Waals surface area contributed by atoms with E-state index in [0.29, 0.717) is 17.8 Å². The maximum atomic E-state index is 12.1. The van der Waals surface area contributed by atoms with Crippen LogP contribution in [-0.2, 0) is 6.54 Å². The van der Waals surface area contributed by atoms with E-state index in [4.69, 9.17) is 0 Å². The van der Waals surface area contributed by atoms with E-state index in [1.165, 1.54) is 24.8 Å². The summed E-state index contributed by atoms with van der Waals surface area (Å²) < 4.78 is 0. The largest absolute Gasteiger partial charge is 0.347 e. The molecule has 3 aromatic rings. The van der Waals surface area contributed by atoms with E-state index in [-0.39, 0.29) is 17.5 Å². The van der Waals surface area contributed by atoms with E-state index >= 15 is 0 Å². The van der Waals surface area contributed by atoms with Crippen LogP contribution in [0.4, 0.5) is 5.69 Å². The fourth-order valence-corrected chi connectivity index (χ4v) is 2.15. The zero-order valence-corrected chi connectivity index (χ0v) is 13.2. The number of hydrogen-bond donors (Lipinski definition) is 2. The molecule has 0 bridgehead atoms. The summed E-state index contributed by atoms with van der Waals surface area (Å²) in [6, 6.07) is 10.6. The van der Waals surface area contributed by atoms with Gasteiger partial charge >= 0.3 is 0 Å². The molecule has 0 aliphatic heterocycles. The van der Waals surface area contributed by atoms with Crippen LogP contribution in [0.5, 0.6) is 0 Å². The fourth-order valence-electron chi connectivity index (χ4n) is 2.15. The molecule has 2 heterocycles. The van der Waals surface area contributed by atoms with Crippen molar-refractivity contribution in [1.82, 2.24) is 20.3 Å². The minimum atomic E-state index is -0.308. The summed E-state index contributed by atoms with van der Waals surface area (Å²) in [5.74, 6) is -0.549. The predicted molar refractivity (Wildman–Crippen MR) is 91.8 cm³/mol. The third-order valence-corrected chi connectivity index (χ3v) is 3.36. The van der Waals surface area contributed by atoms with Gasteiger partial charge in [-0.25, -0.2) is 4.98 Å². The molecule has 25 heavy (non-hydrogen) atoms. The van der Waals surface area contributed by atoms with Crippen LogP contribution >= 0.6 is 0 Å². The lowest BCUT2D eigenvalue weighted by Gasteiger charge is -2.08. The first kappa shape index (κ1) is 16.3. The second kappa shape index (κ2) is 7.78. The van der Waals surface area contributed by atoms with Crippen molar-refractivity contribution < 1.29 is 9.59 Å². The van der Waals surface area contributed by atoms with Gasteiger partial charge in [0, 0.05) is 37.0 Å². The van der Waals surface area contributed by atoms with Gasteiger partial charge in [0.2, 0.25) is 0 Å². The van der Waals surface area contributed by atoms with Crippen LogP contribution < -0.4 is 10.6 Å². The van der Waals surface area contributed by atoms with Crippen LogP contribution in [0.15, 0.2) is 67.4 Å². The number of carbonyl (C=O) groups excluding carboxylic acids is 2. The molecule has 7 heteroatoms. The molecule has 0 saturated heterocycles. The summed E-state index contributed by atoms with van der Waals surface area (Å²) in [5.41, 5.74) is 2.22. The van der Waals surface area contributed by atoms with Crippen molar-refractivity contribution in [3.05, 3.63) is 84.2 Å². The minimum absolute atomic E-state index is 0.242. The molecule has 3 rings (SSSR count). The fraction of sp³-hybridized carbons (Fsp3) is 0.0556. The van der Waals surface area contributed by atoms with Gasteiger partial charge in [0.1, 0.15) is 5.69 Å². The Morgan fingerprint density at radius 3 is 2.56 bits per heavy atom. The van der Waals surface area contributed by atoms with Crippen molar-refractivity contribution in [3.8, 4) is 0 Å². The molecule has 2 N–H and O–H groups in total. The van der Waals surface area contributed by atoms with Crippen LogP contribution in [0, 0.1) is 0 Å². The SMILES string of the molecule is O=C(Nc1cccc(CNC(=O)c2cnccn2)c1)c1cccnc1. The van der Waals surface area contributed by atoms with Crippen molar-refractivity contribution in [2.24, 2.45) is 0 Å². The zero-order chi connectivity index (χ0) is 17.5. The maximum absolute atomic E-state index is 12.1. The van der Waals surface area contributed by atoms with E-state index in [1.54, 1.807) is 30.5 Å². The van der Waals surface area contributed by atoms with E-state index in [2.05, 4.69) is 25.6 Å². The normalized spacial score (nSPS) is 10.1. The second-order valence-electron chi connectivity index (χ2n) is 5.17. The zero-order valence-electron chi connectivity index (χ0n) is 13.2. The molecule has 2 amide bonds. The number of nitrogens with one attached hydrogen (secondary N) is 2. The molecule has 0 radical (unpaired) electrons. The molecule has 124 valence electrons. The van der Waals surface area contributed by atoms with Crippen molar-refractivity contribution in [2.45, 2.75) is 6.54 Å². The number of rotatable bonds is 5. The molecule has 0 spiro atoms. The van der Waals surface area contributed by atoms with E-state index in [1.807, 2.05) is 12.1 Å². The Kier molecular flexibility index (Phi) is 5.06. The Bertz CT molecular complexity index is 869. The molecule has 1 aromatic carbocycles. The first-order chi connectivity index (χ1) is 12.2. The van der Waals surface area contributed by atoms with Gasteiger partial charge in [0.25, 0.3) is 11.8 Å². The summed E-state index contributed by atoms with van der Waals surface area (Å²) >= 11 is 0. The molecule has 0 aliphatic carbocycles. The van der Waals surface area contributed by atoms with Crippen molar-refractivity contribution in [1.29, 1.82) is 0 Å². The van der Waals surface area contributed by atoms with E-state index in [0.717, 1.165) is 5.56 Å². The van der Waals surface area contributed by atoms with E-state index in [9.17, 15) is 9.59 Å². The van der Waals surface area contributed by atoms with Gasteiger partial charge in [0.15, 0.2) is 0 Å². The highest BCUT2D eigenvalue weighted by Gasteiger charge is 2.08. The Balaban J connectivity index is 1.62. The third-order valence-electron chi connectivity index (χ3n) is 3.36. The lowest BCUT2D eigenvalue weighted by atomic mass is 10.2. The third kappa shape index (κ3) is 4.44. The number of pyridine rings is 1. The predicted octanol–water partition coefficient (Wildman–Crippen LogP) is 2.05. The Labute approximate surface area is 144 Å². The van der Waals surface area contributed by atoms with Crippen molar-refractivity contribution >= 4 is 17.5 Å². The first-order valence-corrected chi connectivity index (χ1v) is 7.57. The van der Waals surface area contributed by atoms with Crippen LogP contribution in [0.2, 0.25) is 0 Å². The molecule has 7 nitrogen and oxygen atoms in total. The monoisotopic (exact) mass is 333 g/mol. The number of aromatic nitrogens is 3. The Morgan fingerprint density at radius 2 is 1.80 bits per heavy atom. The van der Waals surface area contributed by atoms with Gasteiger partial charge in [-0.05, 0) is 29.8 Å². The topological polar surface area (TPSA) is 96.9 Å². The molecular formula is C18H15N5O2. The van der Waals surface area contributed by atoms with Gasteiger partial charge in [-0.3, -0.25) is 19.6 Å². The molecular weight excluding hydrogens is 318 g/mol. The van der Waals surface area contributed by atoms with Gasteiger partial charge in [0.05, 0.1) is 11.8 Å². The lowest BCUT2D eigenvalue weighted by Crippen LogP contribution is -2.24. The highest BCUT2D eigenvalue weighted by molar-refractivity contribution is 6.04. The summed E-state index contributed by atoms with van der Waals surface area (Å²) in [6.07, 6.45) is 7.48. The summed E-state index contributed by atoms with van der Waals surface area (Å²) in [6.45, 7) is 0.312. The molecule has 0 fully saturated rings. The number of benzene rings is 1. The Morgan fingerprint density at radius 1 is 0.920 bits per heavy atom. The lowest BCUT2D eigenvalue weighted by molar-refractivity contribution is 0.0944.